The van der Waals surface area contributed by atoms with Crippen LogP contribution in [0.25, 0.3) is 5.69 Å². The lowest BCUT2D eigenvalue weighted by molar-refractivity contribution is 0.0891. The predicted octanol–water partition coefficient (Wildman–Crippen LogP) is 4.04. The van der Waals surface area contributed by atoms with Gasteiger partial charge in [0, 0.05) is 17.3 Å². The standard InChI is InChI=1S/C20H27N3O/c1-13-6-5-7-19(16(13)4)21-20(24)17-8-10-18(11-9-17)23-15(3)12-14(2)22-23/h8-13,16,19H,5-7H2,1-4H3,(H,21,24)/t13-,16-,19-/m1/s1. The Morgan fingerprint density at radius 2 is 1.88 bits per heavy atom. The van der Waals surface area contributed by atoms with Crippen molar-refractivity contribution < 1.29 is 4.79 Å². The zero-order valence-electron chi connectivity index (χ0n) is 15.0. The summed E-state index contributed by atoms with van der Waals surface area (Å²) in [4.78, 5) is 12.6. The molecule has 128 valence electrons. The average molecular weight is 325 g/mol. The van der Waals surface area contributed by atoms with E-state index in [0.29, 0.717) is 17.4 Å². The number of hydrogen-bond donors (Lipinski definition) is 1. The molecular formula is C20H27N3O. The quantitative estimate of drug-likeness (QED) is 0.925. The fourth-order valence-electron chi connectivity index (χ4n) is 3.68. The summed E-state index contributed by atoms with van der Waals surface area (Å²) in [6.45, 7) is 8.55. The van der Waals surface area contributed by atoms with E-state index in [-0.39, 0.29) is 11.9 Å². The van der Waals surface area contributed by atoms with Crippen LogP contribution in [-0.2, 0) is 0 Å². The van der Waals surface area contributed by atoms with Crippen molar-refractivity contribution in [1.29, 1.82) is 0 Å². The van der Waals surface area contributed by atoms with Crippen LogP contribution in [0.3, 0.4) is 0 Å². The molecule has 1 fully saturated rings. The van der Waals surface area contributed by atoms with Gasteiger partial charge in [-0.15, -0.1) is 0 Å². The highest BCUT2D eigenvalue weighted by Gasteiger charge is 2.28. The van der Waals surface area contributed by atoms with Gasteiger partial charge in [-0.2, -0.15) is 5.10 Å². The molecule has 1 aromatic carbocycles. The van der Waals surface area contributed by atoms with Crippen LogP contribution in [0.4, 0.5) is 0 Å². The number of rotatable bonds is 3. The Morgan fingerprint density at radius 3 is 2.50 bits per heavy atom. The molecule has 0 radical (unpaired) electrons. The fraction of sp³-hybridized carbons (Fsp3) is 0.500. The zero-order chi connectivity index (χ0) is 17.3. The van der Waals surface area contributed by atoms with Crippen molar-refractivity contribution in [1.82, 2.24) is 15.1 Å². The molecule has 1 amide bonds. The van der Waals surface area contributed by atoms with Crippen molar-refractivity contribution in [3.05, 3.63) is 47.3 Å². The molecule has 0 saturated heterocycles. The van der Waals surface area contributed by atoms with Crippen molar-refractivity contribution in [2.75, 3.05) is 0 Å². The first-order valence-electron chi connectivity index (χ1n) is 8.90. The summed E-state index contributed by atoms with van der Waals surface area (Å²) in [6.07, 6.45) is 3.55. The van der Waals surface area contributed by atoms with E-state index in [0.717, 1.165) is 23.5 Å². The normalized spacial score (nSPS) is 23.9. The number of hydrogen-bond acceptors (Lipinski definition) is 2. The fourth-order valence-corrected chi connectivity index (χ4v) is 3.68. The van der Waals surface area contributed by atoms with Crippen molar-refractivity contribution in [3.8, 4) is 5.69 Å². The van der Waals surface area contributed by atoms with Crippen LogP contribution < -0.4 is 5.32 Å². The zero-order valence-corrected chi connectivity index (χ0v) is 15.0. The van der Waals surface area contributed by atoms with Gasteiger partial charge in [0.1, 0.15) is 0 Å². The van der Waals surface area contributed by atoms with Gasteiger partial charge < -0.3 is 5.32 Å². The van der Waals surface area contributed by atoms with Crippen molar-refractivity contribution in [3.63, 3.8) is 0 Å². The minimum absolute atomic E-state index is 0.0286. The maximum atomic E-state index is 12.6. The first-order chi connectivity index (χ1) is 11.5. The molecule has 1 aliphatic rings. The topological polar surface area (TPSA) is 46.9 Å². The summed E-state index contributed by atoms with van der Waals surface area (Å²) in [5.41, 5.74) is 3.78. The van der Waals surface area contributed by atoms with E-state index in [1.807, 2.05) is 48.9 Å². The number of carbonyl (C=O) groups is 1. The number of aromatic nitrogens is 2. The van der Waals surface area contributed by atoms with E-state index >= 15 is 0 Å². The van der Waals surface area contributed by atoms with Crippen LogP contribution in [-0.4, -0.2) is 21.7 Å². The third-order valence-corrected chi connectivity index (χ3v) is 5.41. The van der Waals surface area contributed by atoms with E-state index in [1.54, 1.807) is 0 Å². The van der Waals surface area contributed by atoms with Gasteiger partial charge in [-0.25, -0.2) is 4.68 Å². The number of nitrogens with one attached hydrogen (secondary N) is 1. The van der Waals surface area contributed by atoms with E-state index in [1.165, 1.54) is 12.8 Å². The Bertz CT molecular complexity index is 717. The number of carbonyl (C=O) groups excluding carboxylic acids is 1. The van der Waals surface area contributed by atoms with Gasteiger partial charge >= 0.3 is 0 Å². The minimum Gasteiger partial charge on any atom is -0.349 e. The molecule has 1 heterocycles. The molecule has 2 aromatic rings. The van der Waals surface area contributed by atoms with Crippen molar-refractivity contribution in [2.24, 2.45) is 11.8 Å². The lowest BCUT2D eigenvalue weighted by atomic mass is 9.78. The summed E-state index contributed by atoms with van der Waals surface area (Å²) in [5, 5.41) is 7.71. The lowest BCUT2D eigenvalue weighted by Crippen LogP contribution is -2.43. The molecule has 0 aliphatic heterocycles. The van der Waals surface area contributed by atoms with Gasteiger partial charge in [0.2, 0.25) is 0 Å². The van der Waals surface area contributed by atoms with Crippen LogP contribution in [0.5, 0.6) is 0 Å². The molecule has 1 saturated carbocycles. The molecule has 1 aliphatic carbocycles. The van der Waals surface area contributed by atoms with E-state index in [2.05, 4.69) is 24.3 Å². The molecular weight excluding hydrogens is 298 g/mol. The molecule has 3 atom stereocenters. The Kier molecular flexibility index (Phi) is 4.74. The first kappa shape index (κ1) is 16.7. The van der Waals surface area contributed by atoms with Crippen LogP contribution in [0.2, 0.25) is 0 Å². The van der Waals surface area contributed by atoms with Crippen LogP contribution in [0.1, 0.15) is 54.9 Å². The number of aryl methyl sites for hydroxylation is 2. The molecule has 0 unspecified atom stereocenters. The third-order valence-electron chi connectivity index (χ3n) is 5.41. The molecule has 24 heavy (non-hydrogen) atoms. The predicted molar refractivity (Wildman–Crippen MR) is 96.5 cm³/mol. The van der Waals surface area contributed by atoms with Gasteiger partial charge in [-0.3, -0.25) is 4.79 Å². The molecule has 4 nitrogen and oxygen atoms in total. The van der Waals surface area contributed by atoms with Crippen molar-refractivity contribution in [2.45, 2.75) is 53.0 Å². The Labute approximate surface area is 144 Å². The summed E-state index contributed by atoms with van der Waals surface area (Å²) >= 11 is 0. The smallest absolute Gasteiger partial charge is 0.251 e. The maximum absolute atomic E-state index is 12.6. The van der Waals surface area contributed by atoms with Crippen LogP contribution in [0.15, 0.2) is 30.3 Å². The van der Waals surface area contributed by atoms with Crippen molar-refractivity contribution >= 4 is 5.91 Å². The highest BCUT2D eigenvalue weighted by atomic mass is 16.1. The van der Waals surface area contributed by atoms with Gasteiger partial charge in [0.25, 0.3) is 5.91 Å². The van der Waals surface area contributed by atoms with Gasteiger partial charge in [0.05, 0.1) is 11.4 Å². The minimum atomic E-state index is 0.0286. The highest BCUT2D eigenvalue weighted by molar-refractivity contribution is 5.94. The Hall–Kier alpha value is -2.10. The summed E-state index contributed by atoms with van der Waals surface area (Å²) < 4.78 is 1.90. The molecule has 0 spiro atoms. The number of amides is 1. The van der Waals surface area contributed by atoms with Crippen LogP contribution >= 0.6 is 0 Å². The maximum Gasteiger partial charge on any atom is 0.251 e. The third kappa shape index (κ3) is 3.37. The molecule has 0 bridgehead atoms. The van der Waals surface area contributed by atoms with Crippen LogP contribution in [0, 0.1) is 25.7 Å². The van der Waals surface area contributed by atoms with Gasteiger partial charge in [-0.1, -0.05) is 26.7 Å². The van der Waals surface area contributed by atoms with E-state index in [9.17, 15) is 4.79 Å². The number of nitrogens with zero attached hydrogens (tertiary/aromatic N) is 2. The SMILES string of the molecule is Cc1cc(C)n(-c2ccc(C(=O)N[C@@H]3CCC[C@@H](C)[C@H]3C)cc2)n1. The summed E-state index contributed by atoms with van der Waals surface area (Å²) in [6, 6.07) is 10.0. The van der Waals surface area contributed by atoms with E-state index in [4.69, 9.17) is 0 Å². The summed E-state index contributed by atoms with van der Waals surface area (Å²) in [5.74, 6) is 1.25. The Morgan fingerprint density at radius 1 is 1.17 bits per heavy atom. The van der Waals surface area contributed by atoms with Gasteiger partial charge in [-0.05, 0) is 62.4 Å². The molecule has 1 N–H and O–H groups in total. The number of benzene rings is 1. The lowest BCUT2D eigenvalue weighted by Gasteiger charge is -2.34. The molecule has 4 heteroatoms. The second-order valence-corrected chi connectivity index (χ2v) is 7.23. The monoisotopic (exact) mass is 325 g/mol. The average Bonchev–Trinajstić information content (AvgIpc) is 2.90. The molecule has 3 rings (SSSR count). The second-order valence-electron chi connectivity index (χ2n) is 7.23. The summed E-state index contributed by atoms with van der Waals surface area (Å²) in [7, 11) is 0. The van der Waals surface area contributed by atoms with E-state index < -0.39 is 0 Å². The Balaban J connectivity index is 1.71. The first-order valence-corrected chi connectivity index (χ1v) is 8.90. The van der Waals surface area contributed by atoms with Gasteiger partial charge in [0.15, 0.2) is 0 Å². The highest BCUT2D eigenvalue weighted by Crippen LogP contribution is 2.29. The molecule has 1 aromatic heterocycles. The second kappa shape index (κ2) is 6.80. The largest absolute Gasteiger partial charge is 0.349 e.